The summed E-state index contributed by atoms with van der Waals surface area (Å²) in [6, 6.07) is 18.8. The average Bonchev–Trinajstić information content (AvgIpc) is 2.94. The Kier molecular flexibility index (Phi) is 5.00. The Balaban J connectivity index is 1.69. The van der Waals surface area contributed by atoms with Crippen LogP contribution in [0.25, 0.3) is 5.69 Å². The number of nitrogens with one attached hydrogen (secondary N) is 1. The van der Waals surface area contributed by atoms with Crippen LogP contribution in [0.5, 0.6) is 0 Å². The van der Waals surface area contributed by atoms with E-state index in [9.17, 15) is 4.79 Å². The van der Waals surface area contributed by atoms with Crippen molar-refractivity contribution in [1.29, 1.82) is 0 Å². The molecule has 0 saturated carbocycles. The average molecular weight is 352 g/mol. The molecular formula is C20H18ClN3O. The maximum absolute atomic E-state index is 12.2. The van der Waals surface area contributed by atoms with E-state index in [4.69, 9.17) is 11.6 Å². The van der Waals surface area contributed by atoms with Crippen molar-refractivity contribution in [3.63, 3.8) is 0 Å². The fraction of sp³-hybridized carbons (Fsp3) is 0.100. The summed E-state index contributed by atoms with van der Waals surface area (Å²) in [5.41, 5.74) is 7.23. The number of hydrogen-bond donors (Lipinski definition) is 1. The SMILES string of the molecule is Cc1ccc(C)n1-c1ccc(C(=O)N/N=C\c2cccc(Cl)c2)cc1. The normalized spacial score (nSPS) is 11.0. The van der Waals surface area contributed by atoms with E-state index in [1.54, 1.807) is 30.5 Å². The van der Waals surface area contributed by atoms with Crippen LogP contribution in [0.15, 0.2) is 65.8 Å². The van der Waals surface area contributed by atoms with Gasteiger partial charge in [0.1, 0.15) is 0 Å². The molecule has 5 heteroatoms. The Bertz CT molecular complexity index is 907. The van der Waals surface area contributed by atoms with Gasteiger partial charge < -0.3 is 4.57 Å². The monoisotopic (exact) mass is 351 g/mol. The first-order valence-corrected chi connectivity index (χ1v) is 8.27. The number of benzene rings is 2. The van der Waals surface area contributed by atoms with Gasteiger partial charge in [0.25, 0.3) is 5.91 Å². The first-order chi connectivity index (χ1) is 12.0. The Hall–Kier alpha value is -2.85. The minimum Gasteiger partial charge on any atom is -0.319 e. The highest BCUT2D eigenvalue weighted by Crippen LogP contribution is 2.17. The van der Waals surface area contributed by atoms with Gasteiger partial charge in [0.15, 0.2) is 0 Å². The van der Waals surface area contributed by atoms with Crippen LogP contribution >= 0.6 is 11.6 Å². The zero-order chi connectivity index (χ0) is 17.8. The smallest absolute Gasteiger partial charge is 0.271 e. The third-order valence-corrected chi connectivity index (χ3v) is 4.12. The van der Waals surface area contributed by atoms with Gasteiger partial charge >= 0.3 is 0 Å². The number of rotatable bonds is 4. The number of carbonyl (C=O) groups excluding carboxylic acids is 1. The summed E-state index contributed by atoms with van der Waals surface area (Å²) in [6.07, 6.45) is 1.56. The van der Waals surface area contributed by atoms with Crippen LogP contribution in [0.3, 0.4) is 0 Å². The van der Waals surface area contributed by atoms with Crippen LogP contribution in [-0.2, 0) is 0 Å². The van der Waals surface area contributed by atoms with Crippen molar-refractivity contribution in [2.24, 2.45) is 5.10 Å². The number of nitrogens with zero attached hydrogens (tertiary/aromatic N) is 2. The molecule has 0 aliphatic heterocycles. The molecule has 0 aliphatic rings. The third-order valence-electron chi connectivity index (χ3n) is 3.89. The molecule has 4 nitrogen and oxygen atoms in total. The van der Waals surface area contributed by atoms with Gasteiger partial charge in [-0.15, -0.1) is 0 Å². The molecular weight excluding hydrogens is 334 g/mol. The Morgan fingerprint density at radius 1 is 1.04 bits per heavy atom. The highest BCUT2D eigenvalue weighted by atomic mass is 35.5. The summed E-state index contributed by atoms with van der Waals surface area (Å²) in [5.74, 6) is -0.259. The second-order valence-corrected chi connectivity index (χ2v) is 6.19. The predicted octanol–water partition coefficient (Wildman–Crippen LogP) is 4.51. The summed E-state index contributed by atoms with van der Waals surface area (Å²) < 4.78 is 2.14. The van der Waals surface area contributed by atoms with Gasteiger partial charge in [-0.2, -0.15) is 5.10 Å². The number of carbonyl (C=O) groups is 1. The number of hydrogen-bond acceptors (Lipinski definition) is 2. The van der Waals surface area contributed by atoms with Crippen LogP contribution < -0.4 is 5.43 Å². The van der Waals surface area contributed by atoms with E-state index in [1.807, 2.05) is 24.3 Å². The number of aryl methyl sites for hydroxylation is 2. The van der Waals surface area contributed by atoms with Gasteiger partial charge in [-0.05, 0) is 67.9 Å². The number of aromatic nitrogens is 1. The lowest BCUT2D eigenvalue weighted by molar-refractivity contribution is 0.0955. The van der Waals surface area contributed by atoms with Gasteiger partial charge in [-0.25, -0.2) is 5.43 Å². The first kappa shape index (κ1) is 17.0. The molecule has 0 atom stereocenters. The summed E-state index contributed by atoms with van der Waals surface area (Å²) in [5, 5.41) is 4.60. The van der Waals surface area contributed by atoms with Gasteiger partial charge in [0.2, 0.25) is 0 Å². The summed E-state index contributed by atoms with van der Waals surface area (Å²) in [4.78, 5) is 12.2. The zero-order valence-corrected chi connectivity index (χ0v) is 14.8. The van der Waals surface area contributed by atoms with Crippen LogP contribution in [-0.4, -0.2) is 16.7 Å². The molecule has 0 aliphatic carbocycles. The minimum absolute atomic E-state index is 0.259. The second kappa shape index (κ2) is 7.36. The van der Waals surface area contributed by atoms with Crippen molar-refractivity contribution in [2.45, 2.75) is 13.8 Å². The Labute approximate surface area is 151 Å². The lowest BCUT2D eigenvalue weighted by Gasteiger charge is -2.10. The summed E-state index contributed by atoms with van der Waals surface area (Å²) in [7, 11) is 0. The number of halogens is 1. The topological polar surface area (TPSA) is 46.4 Å². The fourth-order valence-electron chi connectivity index (χ4n) is 2.65. The van der Waals surface area contributed by atoms with E-state index in [-0.39, 0.29) is 5.91 Å². The van der Waals surface area contributed by atoms with Crippen molar-refractivity contribution in [3.05, 3.63) is 88.2 Å². The van der Waals surface area contributed by atoms with Crippen LogP contribution in [0, 0.1) is 13.8 Å². The van der Waals surface area contributed by atoms with E-state index in [0.717, 1.165) is 22.6 Å². The molecule has 3 rings (SSSR count). The first-order valence-electron chi connectivity index (χ1n) is 7.89. The molecule has 1 amide bonds. The molecule has 0 radical (unpaired) electrons. The molecule has 2 aromatic carbocycles. The van der Waals surface area contributed by atoms with Crippen LogP contribution in [0.2, 0.25) is 5.02 Å². The van der Waals surface area contributed by atoms with E-state index in [0.29, 0.717) is 10.6 Å². The maximum Gasteiger partial charge on any atom is 0.271 e. The van der Waals surface area contributed by atoms with E-state index in [1.165, 1.54) is 0 Å². The van der Waals surface area contributed by atoms with Crippen molar-refractivity contribution >= 4 is 23.7 Å². The van der Waals surface area contributed by atoms with Crippen molar-refractivity contribution in [3.8, 4) is 5.69 Å². The molecule has 0 spiro atoms. The summed E-state index contributed by atoms with van der Waals surface area (Å²) in [6.45, 7) is 4.11. The van der Waals surface area contributed by atoms with Gasteiger partial charge in [-0.1, -0.05) is 23.7 Å². The highest BCUT2D eigenvalue weighted by Gasteiger charge is 2.07. The number of amides is 1. The zero-order valence-electron chi connectivity index (χ0n) is 14.0. The van der Waals surface area contributed by atoms with E-state index < -0.39 is 0 Å². The second-order valence-electron chi connectivity index (χ2n) is 5.75. The fourth-order valence-corrected chi connectivity index (χ4v) is 2.85. The molecule has 1 aromatic heterocycles. The molecule has 1 heterocycles. The molecule has 25 heavy (non-hydrogen) atoms. The molecule has 126 valence electrons. The van der Waals surface area contributed by atoms with Crippen molar-refractivity contribution in [2.75, 3.05) is 0 Å². The lowest BCUT2D eigenvalue weighted by atomic mass is 10.2. The molecule has 0 saturated heterocycles. The quantitative estimate of drug-likeness (QED) is 0.545. The third kappa shape index (κ3) is 3.98. The standard InChI is InChI=1S/C20H18ClN3O/c1-14-6-7-15(2)24(14)19-10-8-17(9-11-19)20(25)23-22-13-16-4-3-5-18(21)12-16/h3-13H,1-2H3,(H,23,25)/b22-13-. The molecule has 0 unspecified atom stereocenters. The Morgan fingerprint density at radius 2 is 1.72 bits per heavy atom. The Morgan fingerprint density at radius 3 is 2.36 bits per heavy atom. The van der Waals surface area contributed by atoms with Crippen molar-refractivity contribution in [1.82, 2.24) is 9.99 Å². The van der Waals surface area contributed by atoms with Gasteiger partial charge in [0, 0.05) is 27.7 Å². The highest BCUT2D eigenvalue weighted by molar-refractivity contribution is 6.30. The van der Waals surface area contributed by atoms with Crippen LogP contribution in [0.4, 0.5) is 0 Å². The molecule has 0 fully saturated rings. The summed E-state index contributed by atoms with van der Waals surface area (Å²) >= 11 is 5.91. The maximum atomic E-state index is 12.2. The molecule has 0 bridgehead atoms. The molecule has 3 aromatic rings. The van der Waals surface area contributed by atoms with Crippen molar-refractivity contribution < 1.29 is 4.79 Å². The largest absolute Gasteiger partial charge is 0.319 e. The van der Waals surface area contributed by atoms with E-state index >= 15 is 0 Å². The molecule has 1 N–H and O–H groups in total. The van der Waals surface area contributed by atoms with E-state index in [2.05, 4.69) is 41.1 Å². The predicted molar refractivity (Wildman–Crippen MR) is 102 cm³/mol. The van der Waals surface area contributed by atoms with Crippen LogP contribution in [0.1, 0.15) is 27.3 Å². The lowest BCUT2D eigenvalue weighted by Crippen LogP contribution is -2.17. The number of hydrazone groups is 1. The van der Waals surface area contributed by atoms with Gasteiger partial charge in [0.05, 0.1) is 6.21 Å². The minimum atomic E-state index is -0.259. The van der Waals surface area contributed by atoms with Gasteiger partial charge in [-0.3, -0.25) is 4.79 Å².